The van der Waals surface area contributed by atoms with Gasteiger partial charge < -0.3 is 4.40 Å². The third-order valence-electron chi connectivity index (χ3n) is 3.54. The topological polar surface area (TPSA) is 47.3 Å². The van der Waals surface area contributed by atoms with E-state index in [1.807, 2.05) is 40.9 Å². The van der Waals surface area contributed by atoms with Gasteiger partial charge in [-0.15, -0.1) is 0 Å². The van der Waals surface area contributed by atoms with Crippen molar-refractivity contribution in [3.8, 4) is 0 Å². The Morgan fingerprint density at radius 3 is 2.81 bits per heavy atom. The number of carbonyl (C=O) groups excluding carboxylic acids is 1. The molecular weight excluding hydrogens is 262 g/mol. The summed E-state index contributed by atoms with van der Waals surface area (Å²) in [5.74, 6) is 0.183. The molecule has 0 atom stereocenters. The first-order valence-corrected chi connectivity index (χ1v) is 7.12. The van der Waals surface area contributed by atoms with Gasteiger partial charge in [0.15, 0.2) is 0 Å². The molecule has 0 aliphatic heterocycles. The Bertz CT molecular complexity index is 759. The lowest BCUT2D eigenvalue weighted by Gasteiger charge is -2.05. The van der Waals surface area contributed by atoms with Crippen molar-refractivity contribution < 1.29 is 4.79 Å². The third kappa shape index (κ3) is 2.99. The summed E-state index contributed by atoms with van der Waals surface area (Å²) >= 11 is 0. The van der Waals surface area contributed by atoms with Gasteiger partial charge in [-0.2, -0.15) is 0 Å². The molecule has 4 nitrogen and oxygen atoms in total. The van der Waals surface area contributed by atoms with E-state index in [0.717, 1.165) is 29.0 Å². The van der Waals surface area contributed by atoms with E-state index in [0.29, 0.717) is 12.8 Å². The molecule has 0 bridgehead atoms. The lowest BCUT2D eigenvalue weighted by Crippen LogP contribution is -2.09. The minimum atomic E-state index is 0.183. The van der Waals surface area contributed by atoms with Gasteiger partial charge in [0.25, 0.3) is 0 Å². The number of pyridine rings is 2. The molecule has 0 fully saturated rings. The number of carbonyl (C=O) groups is 1. The van der Waals surface area contributed by atoms with Crippen LogP contribution in [-0.2, 0) is 24.1 Å². The molecule has 0 saturated carbocycles. The average Bonchev–Trinajstić information content (AvgIpc) is 2.97. The third-order valence-corrected chi connectivity index (χ3v) is 3.54. The summed E-state index contributed by atoms with van der Waals surface area (Å²) in [6, 6.07) is 9.80. The summed E-state index contributed by atoms with van der Waals surface area (Å²) in [7, 11) is 0. The van der Waals surface area contributed by atoms with Gasteiger partial charge in [-0.25, -0.2) is 4.98 Å². The number of nitrogens with zero attached hydrogens (tertiary/aromatic N) is 3. The fraction of sp³-hybridized carbons (Fsp3) is 0.235. The number of fused-ring (bicyclic) bond motifs is 1. The molecule has 0 aromatic carbocycles. The zero-order chi connectivity index (χ0) is 14.7. The minimum Gasteiger partial charge on any atom is -0.304 e. The summed E-state index contributed by atoms with van der Waals surface area (Å²) in [5, 5.41) is 0. The van der Waals surface area contributed by atoms with E-state index < -0.39 is 0 Å². The van der Waals surface area contributed by atoms with Crippen molar-refractivity contribution in [2.75, 3.05) is 0 Å². The molecule has 0 radical (unpaired) electrons. The van der Waals surface area contributed by atoms with Crippen LogP contribution in [-0.4, -0.2) is 20.2 Å². The smallest absolute Gasteiger partial charge is 0.143 e. The normalized spacial score (nSPS) is 10.9. The standard InChI is InChI=1S/C17H17N3O/c1-2-14-7-6-13(12-19-14)10-16(21)11-15-4-3-5-17-18-8-9-20(15)17/h3-9,12H,2,10-11H2,1H3. The maximum atomic E-state index is 12.2. The maximum absolute atomic E-state index is 12.2. The van der Waals surface area contributed by atoms with Crippen LogP contribution in [0, 0.1) is 0 Å². The highest BCUT2D eigenvalue weighted by Gasteiger charge is 2.08. The van der Waals surface area contributed by atoms with Gasteiger partial charge in [-0.3, -0.25) is 9.78 Å². The van der Waals surface area contributed by atoms with E-state index in [1.165, 1.54) is 0 Å². The van der Waals surface area contributed by atoms with Gasteiger partial charge in [0.1, 0.15) is 11.4 Å². The number of hydrogen-bond donors (Lipinski definition) is 0. The van der Waals surface area contributed by atoms with E-state index in [2.05, 4.69) is 16.9 Å². The molecule has 106 valence electrons. The predicted molar refractivity (Wildman–Crippen MR) is 81.2 cm³/mol. The molecule has 3 rings (SSSR count). The van der Waals surface area contributed by atoms with Crippen LogP contribution in [0.2, 0.25) is 0 Å². The van der Waals surface area contributed by atoms with Gasteiger partial charge in [-0.05, 0) is 30.2 Å². The number of aryl methyl sites for hydroxylation is 1. The van der Waals surface area contributed by atoms with Crippen LogP contribution in [0.4, 0.5) is 0 Å². The van der Waals surface area contributed by atoms with Gasteiger partial charge in [0.05, 0.1) is 0 Å². The van der Waals surface area contributed by atoms with Gasteiger partial charge in [-0.1, -0.05) is 19.1 Å². The molecule has 0 spiro atoms. The Labute approximate surface area is 123 Å². The summed E-state index contributed by atoms with van der Waals surface area (Å²) in [6.07, 6.45) is 7.17. The van der Waals surface area contributed by atoms with Crippen molar-refractivity contribution >= 4 is 11.4 Å². The first-order valence-electron chi connectivity index (χ1n) is 7.12. The molecule has 3 aromatic rings. The van der Waals surface area contributed by atoms with Crippen LogP contribution >= 0.6 is 0 Å². The van der Waals surface area contributed by atoms with Crippen LogP contribution in [0.5, 0.6) is 0 Å². The molecule has 0 aliphatic rings. The molecule has 0 aliphatic carbocycles. The van der Waals surface area contributed by atoms with Crippen molar-refractivity contribution in [1.29, 1.82) is 0 Å². The fourth-order valence-corrected chi connectivity index (χ4v) is 2.41. The van der Waals surface area contributed by atoms with Crippen molar-refractivity contribution in [1.82, 2.24) is 14.4 Å². The molecule has 0 N–H and O–H groups in total. The fourth-order valence-electron chi connectivity index (χ4n) is 2.41. The summed E-state index contributed by atoms with van der Waals surface area (Å²) < 4.78 is 1.95. The number of hydrogen-bond acceptors (Lipinski definition) is 3. The number of Topliss-reactive ketones (excluding diaryl/α,β-unsaturated/α-hetero) is 1. The zero-order valence-corrected chi connectivity index (χ0v) is 12.0. The molecule has 21 heavy (non-hydrogen) atoms. The van der Waals surface area contributed by atoms with Gasteiger partial charge in [0, 0.05) is 42.8 Å². The molecular formula is C17H17N3O. The SMILES string of the molecule is CCc1ccc(CC(=O)Cc2cccc3nccn23)cn1. The lowest BCUT2D eigenvalue weighted by molar-refractivity contribution is -0.117. The molecule has 4 heteroatoms. The highest BCUT2D eigenvalue weighted by molar-refractivity contribution is 5.82. The predicted octanol–water partition coefficient (Wildman–Crippen LogP) is 2.65. The largest absolute Gasteiger partial charge is 0.304 e. The number of imidazole rings is 1. The summed E-state index contributed by atoms with van der Waals surface area (Å²) in [5.41, 5.74) is 3.85. The monoisotopic (exact) mass is 279 g/mol. The maximum Gasteiger partial charge on any atom is 0.143 e. The lowest BCUT2D eigenvalue weighted by atomic mass is 10.1. The van der Waals surface area contributed by atoms with Crippen molar-refractivity contribution in [3.05, 3.63) is 65.9 Å². The van der Waals surface area contributed by atoms with E-state index in [9.17, 15) is 4.79 Å². The molecule has 0 amide bonds. The van der Waals surface area contributed by atoms with Gasteiger partial charge >= 0.3 is 0 Å². The Morgan fingerprint density at radius 1 is 1.14 bits per heavy atom. The second-order valence-corrected chi connectivity index (χ2v) is 5.08. The van der Waals surface area contributed by atoms with E-state index in [4.69, 9.17) is 0 Å². The number of aromatic nitrogens is 3. The van der Waals surface area contributed by atoms with Gasteiger partial charge in [0.2, 0.25) is 0 Å². The van der Waals surface area contributed by atoms with Crippen molar-refractivity contribution in [2.24, 2.45) is 0 Å². The van der Waals surface area contributed by atoms with Crippen LogP contribution in [0.15, 0.2) is 48.9 Å². The molecule has 3 aromatic heterocycles. The molecule has 0 unspecified atom stereocenters. The van der Waals surface area contributed by atoms with Crippen LogP contribution in [0.25, 0.3) is 5.65 Å². The minimum absolute atomic E-state index is 0.183. The highest BCUT2D eigenvalue weighted by Crippen LogP contribution is 2.09. The van der Waals surface area contributed by atoms with Crippen molar-refractivity contribution in [3.63, 3.8) is 0 Å². The average molecular weight is 279 g/mol. The zero-order valence-electron chi connectivity index (χ0n) is 12.0. The van der Waals surface area contributed by atoms with Crippen LogP contribution < -0.4 is 0 Å². The first-order chi connectivity index (χ1) is 10.3. The Hall–Kier alpha value is -2.49. The van der Waals surface area contributed by atoms with Crippen LogP contribution in [0.3, 0.4) is 0 Å². The highest BCUT2D eigenvalue weighted by atomic mass is 16.1. The quantitative estimate of drug-likeness (QED) is 0.721. The van der Waals surface area contributed by atoms with E-state index in [1.54, 1.807) is 12.4 Å². The van der Waals surface area contributed by atoms with Crippen molar-refractivity contribution in [2.45, 2.75) is 26.2 Å². The van der Waals surface area contributed by atoms with Crippen LogP contribution in [0.1, 0.15) is 23.9 Å². The number of rotatable bonds is 5. The molecule has 0 saturated heterocycles. The second-order valence-electron chi connectivity index (χ2n) is 5.08. The van der Waals surface area contributed by atoms with E-state index in [-0.39, 0.29) is 5.78 Å². The Balaban J connectivity index is 1.72. The number of ketones is 1. The second kappa shape index (κ2) is 5.87. The first kappa shape index (κ1) is 13.5. The Kier molecular flexibility index (Phi) is 3.77. The van der Waals surface area contributed by atoms with E-state index >= 15 is 0 Å². The summed E-state index contributed by atoms with van der Waals surface area (Å²) in [6.45, 7) is 2.07. The molecule has 3 heterocycles. The summed E-state index contributed by atoms with van der Waals surface area (Å²) in [4.78, 5) is 20.8. The Morgan fingerprint density at radius 2 is 2.05 bits per heavy atom.